The molecule has 1 unspecified atom stereocenters. The lowest BCUT2D eigenvalue weighted by Crippen LogP contribution is -2.55. The molecular weight excluding hydrogens is 433 g/mol. The second-order valence-corrected chi connectivity index (χ2v) is 9.22. The zero-order chi connectivity index (χ0) is 22.3. The van der Waals surface area contributed by atoms with Gasteiger partial charge in [0.05, 0.1) is 16.6 Å². The van der Waals surface area contributed by atoms with E-state index in [1.807, 2.05) is 43.3 Å². The molecular formula is C24H23Cl2N3O2. The first kappa shape index (κ1) is 21.6. The highest BCUT2D eigenvalue weighted by Crippen LogP contribution is 2.33. The van der Waals surface area contributed by atoms with Gasteiger partial charge in [-0.3, -0.25) is 9.59 Å². The molecule has 0 radical (unpaired) electrons. The number of alkyl halides is 1. The van der Waals surface area contributed by atoms with Crippen molar-refractivity contribution in [3.05, 3.63) is 76.7 Å². The van der Waals surface area contributed by atoms with Gasteiger partial charge in [0, 0.05) is 19.7 Å². The van der Waals surface area contributed by atoms with Crippen molar-refractivity contribution in [2.75, 3.05) is 7.05 Å². The van der Waals surface area contributed by atoms with Crippen molar-refractivity contribution in [2.24, 2.45) is 5.92 Å². The Morgan fingerprint density at radius 3 is 2.52 bits per heavy atom. The Labute approximate surface area is 191 Å². The van der Waals surface area contributed by atoms with Crippen LogP contribution in [0.5, 0.6) is 0 Å². The maximum atomic E-state index is 13.4. The largest absolute Gasteiger partial charge is 0.337 e. The third-order valence-electron chi connectivity index (χ3n) is 5.87. The van der Waals surface area contributed by atoms with Gasteiger partial charge in [-0.2, -0.15) is 0 Å². The summed E-state index contributed by atoms with van der Waals surface area (Å²) in [5, 5.41) is 3.10. The van der Waals surface area contributed by atoms with Gasteiger partial charge in [0.15, 0.2) is 0 Å². The molecule has 1 saturated heterocycles. The number of halogens is 2. The Hall–Kier alpha value is -2.63. The van der Waals surface area contributed by atoms with Crippen LogP contribution in [0.1, 0.15) is 19.4 Å². The standard InChI is InChI=1S/C24H23Cl2N3O2/c1-14-10-20-18(12-19(14)25)22(30)28-24(2,23(31)29(20)3)13-15-4-6-16(7-5-15)17-8-9-27-21(26)11-17/h4-12,14,19H,13H2,1-3H3,(H,28,30)/t14-,19?,24-/m1/s1. The normalized spacial score (nSPS) is 25.9. The Kier molecular flexibility index (Phi) is 5.67. The molecule has 2 heterocycles. The number of carbonyl (C=O) groups is 2. The van der Waals surface area contributed by atoms with E-state index in [4.69, 9.17) is 23.2 Å². The number of hydrogen-bond acceptors (Lipinski definition) is 3. The van der Waals surface area contributed by atoms with Crippen LogP contribution in [0.2, 0.25) is 5.15 Å². The highest BCUT2D eigenvalue weighted by atomic mass is 35.5. The van der Waals surface area contributed by atoms with Gasteiger partial charge in [0.1, 0.15) is 10.7 Å². The third-order valence-corrected chi connectivity index (χ3v) is 6.60. The zero-order valence-corrected chi connectivity index (χ0v) is 19.0. The topological polar surface area (TPSA) is 62.3 Å². The summed E-state index contributed by atoms with van der Waals surface area (Å²) in [6.07, 6.45) is 5.66. The summed E-state index contributed by atoms with van der Waals surface area (Å²) in [7, 11) is 1.71. The highest BCUT2D eigenvalue weighted by molar-refractivity contribution is 6.29. The third kappa shape index (κ3) is 4.12. The molecule has 0 saturated carbocycles. The van der Waals surface area contributed by atoms with Crippen molar-refractivity contribution >= 4 is 35.0 Å². The molecule has 2 aromatic rings. The van der Waals surface area contributed by atoms with E-state index in [-0.39, 0.29) is 23.1 Å². The second-order valence-electron chi connectivity index (χ2n) is 8.33. The van der Waals surface area contributed by atoms with Crippen LogP contribution < -0.4 is 5.32 Å². The summed E-state index contributed by atoms with van der Waals surface area (Å²) in [6.45, 7) is 3.73. The van der Waals surface area contributed by atoms with E-state index in [0.29, 0.717) is 22.8 Å². The van der Waals surface area contributed by atoms with Crippen LogP contribution in [0.4, 0.5) is 0 Å². The lowest BCUT2D eigenvalue weighted by Gasteiger charge is -2.31. The maximum absolute atomic E-state index is 13.4. The number of fused-ring (bicyclic) bond motifs is 1. The van der Waals surface area contributed by atoms with Gasteiger partial charge in [0.25, 0.3) is 11.8 Å². The van der Waals surface area contributed by atoms with Crippen molar-refractivity contribution in [2.45, 2.75) is 31.2 Å². The fraction of sp³-hybridized carbons (Fsp3) is 0.292. The van der Waals surface area contributed by atoms with Crippen LogP contribution in [0.15, 0.2) is 66.0 Å². The summed E-state index contributed by atoms with van der Waals surface area (Å²) >= 11 is 12.3. The van der Waals surface area contributed by atoms with Crippen molar-refractivity contribution < 1.29 is 9.59 Å². The number of benzene rings is 1. The second kappa shape index (κ2) is 8.13. The summed E-state index contributed by atoms with van der Waals surface area (Å²) in [5.74, 6) is -0.421. The molecule has 0 spiro atoms. The molecule has 5 nitrogen and oxygen atoms in total. The molecule has 4 rings (SSSR count). The zero-order valence-electron chi connectivity index (χ0n) is 17.5. The Bertz CT molecular complexity index is 1110. The van der Waals surface area contributed by atoms with Crippen LogP contribution in [0, 0.1) is 5.92 Å². The number of amides is 2. The summed E-state index contributed by atoms with van der Waals surface area (Å²) in [4.78, 5) is 31.9. The lowest BCUT2D eigenvalue weighted by molar-refractivity contribution is -0.136. The average Bonchev–Trinajstić information content (AvgIpc) is 2.79. The molecule has 3 atom stereocenters. The number of pyridine rings is 1. The first-order chi connectivity index (χ1) is 14.7. The molecule has 1 aromatic heterocycles. The summed E-state index contributed by atoms with van der Waals surface area (Å²) in [5.41, 5.74) is 2.87. The summed E-state index contributed by atoms with van der Waals surface area (Å²) in [6, 6.07) is 11.6. The van der Waals surface area contributed by atoms with Crippen molar-refractivity contribution in [3.63, 3.8) is 0 Å². The molecule has 1 N–H and O–H groups in total. The fourth-order valence-corrected chi connectivity index (χ4v) is 4.46. The fourth-order valence-electron chi connectivity index (χ4n) is 4.09. The Balaban J connectivity index is 1.62. The average molecular weight is 456 g/mol. The molecule has 1 aliphatic heterocycles. The first-order valence-corrected chi connectivity index (χ1v) is 10.9. The molecule has 1 aromatic carbocycles. The number of rotatable bonds is 3. The molecule has 1 aliphatic carbocycles. The predicted octanol–water partition coefficient (Wildman–Crippen LogP) is 4.36. The minimum absolute atomic E-state index is 0.0297. The molecule has 0 bridgehead atoms. The van der Waals surface area contributed by atoms with Gasteiger partial charge in [0.2, 0.25) is 0 Å². The van der Waals surface area contributed by atoms with Gasteiger partial charge >= 0.3 is 0 Å². The van der Waals surface area contributed by atoms with E-state index in [1.54, 1.807) is 37.2 Å². The Morgan fingerprint density at radius 1 is 1.13 bits per heavy atom. The first-order valence-electron chi connectivity index (χ1n) is 10.1. The smallest absolute Gasteiger partial charge is 0.253 e. The number of nitrogens with zero attached hydrogens (tertiary/aromatic N) is 2. The quantitative estimate of drug-likeness (QED) is 0.552. The van der Waals surface area contributed by atoms with E-state index in [1.165, 1.54) is 0 Å². The number of hydrogen-bond donors (Lipinski definition) is 1. The van der Waals surface area contributed by atoms with Crippen LogP contribution in [-0.4, -0.2) is 39.7 Å². The van der Waals surface area contributed by atoms with Gasteiger partial charge in [-0.05, 0) is 41.7 Å². The highest BCUT2D eigenvalue weighted by Gasteiger charge is 2.44. The number of allylic oxidation sites excluding steroid dienone is 2. The van der Waals surface area contributed by atoms with Gasteiger partial charge in [-0.25, -0.2) is 4.98 Å². The van der Waals surface area contributed by atoms with Crippen molar-refractivity contribution in [1.29, 1.82) is 0 Å². The molecule has 7 heteroatoms. The minimum atomic E-state index is -1.09. The van der Waals surface area contributed by atoms with Gasteiger partial charge in [-0.1, -0.05) is 54.9 Å². The molecule has 160 valence electrons. The molecule has 2 aliphatic rings. The van der Waals surface area contributed by atoms with Crippen molar-refractivity contribution in [3.8, 4) is 11.1 Å². The van der Waals surface area contributed by atoms with E-state index in [2.05, 4.69) is 10.3 Å². The minimum Gasteiger partial charge on any atom is -0.337 e. The van der Waals surface area contributed by atoms with Crippen LogP contribution in [0.3, 0.4) is 0 Å². The van der Waals surface area contributed by atoms with Crippen LogP contribution in [-0.2, 0) is 16.0 Å². The van der Waals surface area contributed by atoms with E-state index < -0.39 is 5.54 Å². The van der Waals surface area contributed by atoms with Crippen LogP contribution >= 0.6 is 23.2 Å². The van der Waals surface area contributed by atoms with E-state index >= 15 is 0 Å². The number of aromatic nitrogens is 1. The monoisotopic (exact) mass is 455 g/mol. The predicted molar refractivity (Wildman–Crippen MR) is 123 cm³/mol. The lowest BCUT2D eigenvalue weighted by atomic mass is 9.90. The van der Waals surface area contributed by atoms with E-state index in [9.17, 15) is 9.59 Å². The molecule has 2 amide bonds. The van der Waals surface area contributed by atoms with E-state index in [0.717, 1.165) is 16.7 Å². The van der Waals surface area contributed by atoms with Crippen LogP contribution in [0.25, 0.3) is 11.1 Å². The maximum Gasteiger partial charge on any atom is 0.253 e. The SMILES string of the molecule is C[C@@H]1C=C2C(=CC1Cl)C(=O)N[C@](C)(Cc1ccc(-c3ccnc(Cl)c3)cc1)C(=O)N2C. The van der Waals surface area contributed by atoms with Gasteiger partial charge < -0.3 is 10.2 Å². The summed E-state index contributed by atoms with van der Waals surface area (Å²) < 4.78 is 0. The number of likely N-dealkylation sites (N-methyl/N-ethyl adjacent to an activating group) is 1. The number of carbonyl (C=O) groups excluding carboxylic acids is 2. The van der Waals surface area contributed by atoms with Crippen molar-refractivity contribution in [1.82, 2.24) is 15.2 Å². The molecule has 1 fully saturated rings. The van der Waals surface area contributed by atoms with Gasteiger partial charge in [-0.15, -0.1) is 11.6 Å². The Morgan fingerprint density at radius 2 is 1.84 bits per heavy atom. The molecule has 31 heavy (non-hydrogen) atoms. The number of nitrogens with one attached hydrogen (secondary N) is 1.